The van der Waals surface area contributed by atoms with Crippen LogP contribution in [0.2, 0.25) is 0 Å². The smallest absolute Gasteiger partial charge is 0.310 e. The Morgan fingerprint density at radius 2 is 2.56 bits per heavy atom. The van der Waals surface area contributed by atoms with Gasteiger partial charge in [0.05, 0.1) is 12.5 Å². The molecule has 1 N–H and O–H groups in total. The monoisotopic (exact) mass is 239 g/mol. The summed E-state index contributed by atoms with van der Waals surface area (Å²) >= 11 is 1.70. The summed E-state index contributed by atoms with van der Waals surface area (Å²) in [4.78, 5) is 13.0. The standard InChI is InChI=1S/C12H17NO2S/c1-9-11(4-6-13-9)12(14)15-7-5-10-3-2-8-16-10/h2-3,8-9,11,13H,4-7H2,1H3. The summed E-state index contributed by atoms with van der Waals surface area (Å²) in [5.74, 6) is -0.00241. The largest absolute Gasteiger partial charge is 0.465 e. The van der Waals surface area contributed by atoms with Crippen molar-refractivity contribution in [3.63, 3.8) is 0 Å². The fourth-order valence-corrected chi connectivity index (χ4v) is 2.69. The van der Waals surface area contributed by atoms with Crippen LogP contribution in [0.4, 0.5) is 0 Å². The van der Waals surface area contributed by atoms with Crippen LogP contribution in [0.15, 0.2) is 17.5 Å². The normalized spacial score (nSPS) is 24.6. The molecule has 1 aliphatic rings. The SMILES string of the molecule is CC1NCCC1C(=O)OCCc1cccs1. The van der Waals surface area contributed by atoms with Crippen molar-refractivity contribution in [3.8, 4) is 0 Å². The van der Waals surface area contributed by atoms with E-state index in [1.165, 1.54) is 4.88 Å². The second-order valence-electron chi connectivity index (χ2n) is 4.13. The van der Waals surface area contributed by atoms with Crippen LogP contribution < -0.4 is 5.32 Å². The molecule has 0 spiro atoms. The Hall–Kier alpha value is -0.870. The van der Waals surface area contributed by atoms with Gasteiger partial charge in [0.2, 0.25) is 0 Å². The van der Waals surface area contributed by atoms with Crippen molar-refractivity contribution in [2.75, 3.05) is 13.2 Å². The van der Waals surface area contributed by atoms with Crippen LogP contribution in [0.1, 0.15) is 18.2 Å². The van der Waals surface area contributed by atoms with E-state index in [1.54, 1.807) is 11.3 Å². The van der Waals surface area contributed by atoms with Crippen LogP contribution in [0.5, 0.6) is 0 Å². The van der Waals surface area contributed by atoms with Crippen molar-refractivity contribution in [2.45, 2.75) is 25.8 Å². The van der Waals surface area contributed by atoms with Crippen LogP contribution in [0.3, 0.4) is 0 Å². The van der Waals surface area contributed by atoms with Gasteiger partial charge in [0.15, 0.2) is 0 Å². The Morgan fingerprint density at radius 1 is 1.69 bits per heavy atom. The molecule has 0 saturated carbocycles. The lowest BCUT2D eigenvalue weighted by Crippen LogP contribution is -2.29. The average molecular weight is 239 g/mol. The zero-order valence-corrected chi connectivity index (χ0v) is 10.3. The number of esters is 1. The summed E-state index contributed by atoms with van der Waals surface area (Å²) in [6.45, 7) is 3.46. The first-order valence-electron chi connectivity index (χ1n) is 5.70. The Kier molecular flexibility index (Phi) is 3.96. The van der Waals surface area contributed by atoms with E-state index in [1.807, 2.05) is 18.4 Å². The third kappa shape index (κ3) is 2.83. The predicted octanol–water partition coefficient (Wildman–Crippen LogP) is 1.83. The Morgan fingerprint density at radius 3 is 3.19 bits per heavy atom. The van der Waals surface area contributed by atoms with Gasteiger partial charge in [-0.2, -0.15) is 0 Å². The second kappa shape index (κ2) is 5.46. The number of thiophene rings is 1. The molecule has 0 bridgehead atoms. The van der Waals surface area contributed by atoms with Gasteiger partial charge in [-0.25, -0.2) is 0 Å². The fraction of sp³-hybridized carbons (Fsp3) is 0.583. The topological polar surface area (TPSA) is 38.3 Å². The molecule has 2 heterocycles. The molecule has 88 valence electrons. The van der Waals surface area contributed by atoms with E-state index >= 15 is 0 Å². The molecule has 1 aromatic heterocycles. The highest BCUT2D eigenvalue weighted by atomic mass is 32.1. The lowest BCUT2D eigenvalue weighted by Gasteiger charge is -2.13. The Balaban J connectivity index is 1.71. The molecule has 16 heavy (non-hydrogen) atoms. The van der Waals surface area contributed by atoms with E-state index in [0.717, 1.165) is 19.4 Å². The number of carbonyl (C=O) groups excluding carboxylic acids is 1. The molecule has 0 aromatic carbocycles. The number of carbonyl (C=O) groups is 1. The number of ether oxygens (including phenoxy) is 1. The number of hydrogen-bond donors (Lipinski definition) is 1. The maximum atomic E-state index is 11.7. The Labute approximate surface area is 99.8 Å². The highest BCUT2D eigenvalue weighted by Gasteiger charge is 2.30. The van der Waals surface area contributed by atoms with Gasteiger partial charge < -0.3 is 10.1 Å². The second-order valence-corrected chi connectivity index (χ2v) is 5.17. The fourth-order valence-electron chi connectivity index (χ4n) is 1.99. The molecule has 1 fully saturated rings. The van der Waals surface area contributed by atoms with Crippen molar-refractivity contribution in [3.05, 3.63) is 22.4 Å². The van der Waals surface area contributed by atoms with Crippen LogP contribution in [-0.4, -0.2) is 25.2 Å². The summed E-state index contributed by atoms with van der Waals surface area (Å²) in [6, 6.07) is 4.34. The van der Waals surface area contributed by atoms with E-state index in [-0.39, 0.29) is 17.9 Å². The summed E-state index contributed by atoms with van der Waals surface area (Å²) in [7, 11) is 0. The molecule has 0 amide bonds. The van der Waals surface area contributed by atoms with E-state index in [4.69, 9.17) is 4.74 Å². The number of nitrogens with one attached hydrogen (secondary N) is 1. The zero-order chi connectivity index (χ0) is 11.4. The minimum absolute atomic E-state index is 0.0448. The maximum Gasteiger partial charge on any atom is 0.310 e. The first-order valence-corrected chi connectivity index (χ1v) is 6.58. The number of hydrogen-bond acceptors (Lipinski definition) is 4. The van der Waals surface area contributed by atoms with E-state index < -0.39 is 0 Å². The molecule has 1 aliphatic heterocycles. The van der Waals surface area contributed by atoms with Crippen molar-refractivity contribution in [2.24, 2.45) is 5.92 Å². The van der Waals surface area contributed by atoms with Crippen LogP contribution in [0, 0.1) is 5.92 Å². The molecule has 1 saturated heterocycles. The quantitative estimate of drug-likeness (QED) is 0.815. The molecular weight excluding hydrogens is 222 g/mol. The van der Waals surface area contributed by atoms with Crippen molar-refractivity contribution in [1.29, 1.82) is 0 Å². The lowest BCUT2D eigenvalue weighted by molar-refractivity contribution is -0.148. The minimum atomic E-state index is -0.0472. The van der Waals surface area contributed by atoms with Gasteiger partial charge in [-0.05, 0) is 31.3 Å². The highest BCUT2D eigenvalue weighted by molar-refractivity contribution is 7.09. The third-order valence-electron chi connectivity index (χ3n) is 3.00. The molecule has 4 heteroatoms. The first-order chi connectivity index (χ1) is 7.77. The molecule has 0 aliphatic carbocycles. The third-order valence-corrected chi connectivity index (χ3v) is 3.94. The Bertz CT molecular complexity index is 337. The molecule has 2 unspecified atom stereocenters. The molecule has 2 rings (SSSR count). The van der Waals surface area contributed by atoms with Crippen LogP contribution in [-0.2, 0) is 16.0 Å². The van der Waals surface area contributed by atoms with Crippen LogP contribution >= 0.6 is 11.3 Å². The first kappa shape index (κ1) is 11.6. The van der Waals surface area contributed by atoms with Crippen molar-refractivity contribution >= 4 is 17.3 Å². The van der Waals surface area contributed by atoms with Gasteiger partial charge in [0, 0.05) is 17.3 Å². The molecule has 2 atom stereocenters. The van der Waals surface area contributed by atoms with Gasteiger partial charge >= 0.3 is 5.97 Å². The summed E-state index contributed by atoms with van der Waals surface area (Å²) < 4.78 is 5.30. The van der Waals surface area contributed by atoms with Gasteiger partial charge in [-0.1, -0.05) is 6.07 Å². The minimum Gasteiger partial charge on any atom is -0.465 e. The van der Waals surface area contributed by atoms with Crippen molar-refractivity contribution in [1.82, 2.24) is 5.32 Å². The molecule has 0 radical (unpaired) electrons. The van der Waals surface area contributed by atoms with Crippen LogP contribution in [0.25, 0.3) is 0 Å². The summed E-state index contributed by atoms with van der Waals surface area (Å²) in [5, 5.41) is 5.30. The summed E-state index contributed by atoms with van der Waals surface area (Å²) in [6.07, 6.45) is 1.73. The van der Waals surface area contributed by atoms with Crippen molar-refractivity contribution < 1.29 is 9.53 Å². The molecule has 3 nitrogen and oxygen atoms in total. The summed E-state index contributed by atoms with van der Waals surface area (Å²) in [5.41, 5.74) is 0. The maximum absolute atomic E-state index is 11.7. The van der Waals surface area contributed by atoms with E-state index in [2.05, 4.69) is 11.4 Å². The van der Waals surface area contributed by atoms with E-state index in [9.17, 15) is 4.79 Å². The predicted molar refractivity (Wildman–Crippen MR) is 64.6 cm³/mol. The van der Waals surface area contributed by atoms with Gasteiger partial charge in [-0.15, -0.1) is 11.3 Å². The van der Waals surface area contributed by atoms with Gasteiger partial charge in [-0.3, -0.25) is 4.79 Å². The van der Waals surface area contributed by atoms with Gasteiger partial charge in [0.1, 0.15) is 0 Å². The van der Waals surface area contributed by atoms with Gasteiger partial charge in [0.25, 0.3) is 0 Å². The van der Waals surface area contributed by atoms with E-state index in [0.29, 0.717) is 6.61 Å². The molecule has 1 aromatic rings. The average Bonchev–Trinajstić information content (AvgIpc) is 2.88. The number of rotatable bonds is 4. The highest BCUT2D eigenvalue weighted by Crippen LogP contribution is 2.17. The molecular formula is C12H17NO2S. The lowest BCUT2D eigenvalue weighted by atomic mass is 10.0. The zero-order valence-electron chi connectivity index (χ0n) is 9.44.